The fraction of sp³-hybridized carbons (Fsp3) is 0.250. The average Bonchev–Trinajstić information content (AvgIpc) is 2.91. The van der Waals surface area contributed by atoms with Gasteiger partial charge in [0.2, 0.25) is 5.91 Å². The summed E-state index contributed by atoms with van der Waals surface area (Å²) in [5.41, 5.74) is 6.28. The molecule has 3 rings (SSSR count). The van der Waals surface area contributed by atoms with Crippen LogP contribution in [0.4, 0.5) is 5.69 Å². The Balaban J connectivity index is 1.97. The molecule has 0 unspecified atom stereocenters. The van der Waals surface area contributed by atoms with Crippen LogP contribution in [0.1, 0.15) is 12.8 Å². The first-order chi connectivity index (χ1) is 9.10. The molecule has 1 aromatic carbocycles. The number of hydrogen-bond donors (Lipinski definition) is 2. The summed E-state index contributed by atoms with van der Waals surface area (Å²) in [5.74, 6) is -0.198. The van der Waals surface area contributed by atoms with Crippen LogP contribution in [0.2, 0.25) is 5.02 Å². The predicted octanol–water partition coefficient (Wildman–Crippen LogP) is 1.35. The summed E-state index contributed by atoms with van der Waals surface area (Å²) in [4.78, 5) is 15.9. The Bertz CT molecular complexity index is 621. The lowest BCUT2D eigenvalue weighted by molar-refractivity contribution is -0.118. The quantitative estimate of drug-likeness (QED) is 0.887. The van der Waals surface area contributed by atoms with Crippen LogP contribution in [0.15, 0.2) is 30.9 Å². The van der Waals surface area contributed by atoms with E-state index in [0.717, 1.165) is 0 Å². The third-order valence-corrected chi connectivity index (χ3v) is 3.43. The summed E-state index contributed by atoms with van der Waals surface area (Å²) >= 11 is 6.16. The lowest BCUT2D eigenvalue weighted by Gasteiger charge is -2.14. The van der Waals surface area contributed by atoms with Gasteiger partial charge in [-0.3, -0.25) is 4.79 Å². The second-order valence-corrected chi connectivity index (χ2v) is 4.99. The second kappa shape index (κ2) is 4.32. The Morgan fingerprint density at radius 3 is 2.89 bits per heavy atom. The second-order valence-electron chi connectivity index (χ2n) is 4.59. The van der Waals surface area contributed by atoms with Crippen LogP contribution < -0.4 is 11.1 Å². The first-order valence-corrected chi connectivity index (χ1v) is 6.22. The molecule has 1 aliphatic carbocycles. The fourth-order valence-electron chi connectivity index (χ4n) is 1.78. The van der Waals surface area contributed by atoms with E-state index in [0.29, 0.717) is 29.2 Å². The van der Waals surface area contributed by atoms with Crippen LogP contribution in [-0.2, 0) is 4.79 Å². The number of halogens is 1. The molecule has 0 bridgehead atoms. The number of amides is 1. The smallest absolute Gasteiger partial charge is 0.244 e. The van der Waals surface area contributed by atoms with Gasteiger partial charge in [-0.25, -0.2) is 9.67 Å². The number of anilines is 1. The van der Waals surface area contributed by atoms with Crippen molar-refractivity contribution in [2.24, 2.45) is 5.73 Å². The summed E-state index contributed by atoms with van der Waals surface area (Å²) in [6.45, 7) is 0. The molecular weight excluding hydrogens is 266 g/mol. The Morgan fingerprint density at radius 2 is 2.26 bits per heavy atom. The maximum absolute atomic E-state index is 12.0. The Hall–Kier alpha value is -1.92. The van der Waals surface area contributed by atoms with Crippen LogP contribution in [-0.4, -0.2) is 26.2 Å². The van der Waals surface area contributed by atoms with Crippen LogP contribution in [0, 0.1) is 0 Å². The van der Waals surface area contributed by atoms with Crippen molar-refractivity contribution in [3.8, 4) is 5.69 Å². The van der Waals surface area contributed by atoms with Crippen molar-refractivity contribution in [1.82, 2.24) is 14.8 Å². The summed E-state index contributed by atoms with van der Waals surface area (Å²) in [7, 11) is 0. The SMILES string of the molecule is NC1(C(=O)Nc2cccc(Cl)c2-n2cncn2)CC1. The molecule has 3 N–H and O–H groups in total. The summed E-state index contributed by atoms with van der Waals surface area (Å²) in [5, 5.41) is 7.31. The summed E-state index contributed by atoms with van der Waals surface area (Å²) in [6, 6.07) is 5.24. The van der Waals surface area contributed by atoms with E-state index in [1.165, 1.54) is 17.3 Å². The maximum atomic E-state index is 12.0. The average molecular weight is 278 g/mol. The van der Waals surface area contributed by atoms with Gasteiger partial charge in [0.25, 0.3) is 0 Å². The number of nitrogens with zero attached hydrogens (tertiary/aromatic N) is 3. The van der Waals surface area contributed by atoms with Crippen molar-refractivity contribution in [3.63, 3.8) is 0 Å². The maximum Gasteiger partial charge on any atom is 0.244 e. The van der Waals surface area contributed by atoms with Crippen molar-refractivity contribution in [1.29, 1.82) is 0 Å². The van der Waals surface area contributed by atoms with E-state index in [1.54, 1.807) is 18.2 Å². The van der Waals surface area contributed by atoms with Crippen LogP contribution in [0.25, 0.3) is 5.69 Å². The number of hydrogen-bond acceptors (Lipinski definition) is 4. The number of para-hydroxylation sites is 1. The highest BCUT2D eigenvalue weighted by Crippen LogP contribution is 2.35. The largest absolute Gasteiger partial charge is 0.323 e. The summed E-state index contributed by atoms with van der Waals surface area (Å²) in [6.07, 6.45) is 4.34. The molecule has 1 aliphatic rings. The van der Waals surface area contributed by atoms with E-state index in [1.807, 2.05) is 0 Å². The molecule has 1 amide bonds. The number of carbonyl (C=O) groups is 1. The van der Waals surface area contributed by atoms with Gasteiger partial charge in [0, 0.05) is 0 Å². The van der Waals surface area contributed by atoms with Gasteiger partial charge in [0.1, 0.15) is 18.3 Å². The van der Waals surface area contributed by atoms with Crippen LogP contribution in [0.3, 0.4) is 0 Å². The van der Waals surface area contributed by atoms with Gasteiger partial charge in [0.05, 0.1) is 16.2 Å². The van der Waals surface area contributed by atoms with Crippen molar-refractivity contribution < 1.29 is 4.79 Å². The molecule has 98 valence electrons. The molecule has 2 aromatic rings. The normalized spacial score (nSPS) is 16.1. The van der Waals surface area contributed by atoms with Crippen molar-refractivity contribution >= 4 is 23.2 Å². The minimum atomic E-state index is -0.734. The number of carbonyl (C=O) groups excluding carboxylic acids is 1. The molecule has 0 saturated heterocycles. The van der Waals surface area contributed by atoms with E-state index in [4.69, 9.17) is 17.3 Å². The summed E-state index contributed by atoms with van der Waals surface area (Å²) < 4.78 is 1.51. The van der Waals surface area contributed by atoms with Crippen molar-refractivity contribution in [2.75, 3.05) is 5.32 Å². The fourth-order valence-corrected chi connectivity index (χ4v) is 2.04. The molecule has 1 saturated carbocycles. The molecule has 19 heavy (non-hydrogen) atoms. The topological polar surface area (TPSA) is 85.8 Å². The van der Waals surface area contributed by atoms with E-state index < -0.39 is 5.54 Å². The van der Waals surface area contributed by atoms with Gasteiger partial charge in [-0.05, 0) is 25.0 Å². The monoisotopic (exact) mass is 277 g/mol. The number of nitrogens with two attached hydrogens (primary N) is 1. The number of nitrogens with one attached hydrogen (secondary N) is 1. The minimum Gasteiger partial charge on any atom is -0.323 e. The molecule has 6 nitrogen and oxygen atoms in total. The molecule has 7 heteroatoms. The Kier molecular flexibility index (Phi) is 2.76. The van der Waals surface area contributed by atoms with Crippen molar-refractivity contribution in [3.05, 3.63) is 35.9 Å². The van der Waals surface area contributed by atoms with Gasteiger partial charge in [-0.2, -0.15) is 5.10 Å². The van der Waals surface area contributed by atoms with E-state index in [-0.39, 0.29) is 5.91 Å². The molecule has 1 fully saturated rings. The number of benzene rings is 1. The molecule has 1 heterocycles. The highest BCUT2D eigenvalue weighted by atomic mass is 35.5. The molecule has 0 spiro atoms. The number of aromatic nitrogens is 3. The van der Waals surface area contributed by atoms with Gasteiger partial charge in [-0.1, -0.05) is 17.7 Å². The predicted molar refractivity (Wildman–Crippen MR) is 71.2 cm³/mol. The van der Waals surface area contributed by atoms with Crippen molar-refractivity contribution in [2.45, 2.75) is 18.4 Å². The molecule has 0 radical (unpaired) electrons. The van der Waals surface area contributed by atoms with Gasteiger partial charge in [-0.15, -0.1) is 0 Å². The third kappa shape index (κ3) is 2.20. The Morgan fingerprint density at radius 1 is 1.47 bits per heavy atom. The molecular formula is C12H12ClN5O. The van der Waals surface area contributed by atoms with Crippen LogP contribution in [0.5, 0.6) is 0 Å². The van der Waals surface area contributed by atoms with E-state index >= 15 is 0 Å². The lowest BCUT2D eigenvalue weighted by Crippen LogP contribution is -2.38. The van der Waals surface area contributed by atoms with E-state index in [2.05, 4.69) is 15.4 Å². The van der Waals surface area contributed by atoms with E-state index in [9.17, 15) is 4.79 Å². The first-order valence-electron chi connectivity index (χ1n) is 5.84. The van der Waals surface area contributed by atoms with Gasteiger partial charge < -0.3 is 11.1 Å². The van der Waals surface area contributed by atoms with Gasteiger partial charge in [0.15, 0.2) is 0 Å². The standard InChI is InChI=1S/C12H12ClN5O/c13-8-2-1-3-9(10(8)18-7-15-6-16-18)17-11(19)12(14)4-5-12/h1-3,6-7H,4-5,14H2,(H,17,19). The zero-order valence-corrected chi connectivity index (χ0v) is 10.8. The Labute approximate surface area is 114 Å². The highest BCUT2D eigenvalue weighted by Gasteiger charge is 2.46. The minimum absolute atomic E-state index is 0.198. The molecule has 1 aromatic heterocycles. The highest BCUT2D eigenvalue weighted by molar-refractivity contribution is 6.33. The van der Waals surface area contributed by atoms with Crippen LogP contribution >= 0.6 is 11.6 Å². The van der Waals surface area contributed by atoms with Gasteiger partial charge >= 0.3 is 0 Å². The molecule has 0 atom stereocenters. The third-order valence-electron chi connectivity index (χ3n) is 3.12. The zero-order valence-electron chi connectivity index (χ0n) is 10.0. The zero-order chi connectivity index (χ0) is 13.5. The molecule has 0 aliphatic heterocycles. The number of rotatable bonds is 3. The lowest BCUT2D eigenvalue weighted by atomic mass is 10.2. The first kappa shape index (κ1) is 12.1.